The molecule has 0 saturated carbocycles. The Morgan fingerprint density at radius 3 is 1.26 bits per heavy atom. The Morgan fingerprint density at radius 2 is 0.930 bits per heavy atom. The molecule has 0 spiro atoms. The van der Waals surface area contributed by atoms with Crippen molar-refractivity contribution in [2.45, 2.75) is 128 Å². The quantitative estimate of drug-likeness (QED) is 0.267. The van der Waals surface area contributed by atoms with E-state index in [-0.39, 0.29) is 27.3 Å². The van der Waals surface area contributed by atoms with E-state index in [0.717, 1.165) is 29.3 Å². The van der Waals surface area contributed by atoms with Crippen LogP contribution in [0.15, 0.2) is 66.7 Å². The maximum Gasteiger partial charge on any atom is 0.341 e. The van der Waals surface area contributed by atoms with Crippen molar-refractivity contribution in [3.05, 3.63) is 100 Å². The van der Waals surface area contributed by atoms with Gasteiger partial charge in [0.05, 0.1) is 5.66 Å². The average Bonchev–Trinajstić information content (AvgIpc) is 3.30. The Morgan fingerprint density at radius 1 is 0.581 bits per heavy atom. The third kappa shape index (κ3) is 6.53. The minimum Gasteiger partial charge on any atom is -0.318 e. The summed E-state index contributed by atoms with van der Waals surface area (Å²) in [7, 11) is -3.60. The summed E-state index contributed by atoms with van der Waals surface area (Å²) < 4.78 is 29.9. The van der Waals surface area contributed by atoms with Gasteiger partial charge in [-0.05, 0) is 56.8 Å². The summed E-state index contributed by atoms with van der Waals surface area (Å²) in [5.74, 6) is 0. The fourth-order valence-electron chi connectivity index (χ4n) is 6.58. The van der Waals surface area contributed by atoms with E-state index in [1.807, 2.05) is 30.3 Å². The highest BCUT2D eigenvalue weighted by atomic mass is 31.2. The predicted octanol–water partition coefficient (Wildman–Crippen LogP) is 11.0. The molecule has 0 N–H and O–H groups in total. The summed E-state index contributed by atoms with van der Waals surface area (Å²) >= 11 is 0. The van der Waals surface area contributed by atoms with Gasteiger partial charge in [-0.2, -0.15) is 0 Å². The largest absolute Gasteiger partial charge is 0.341 e. The molecule has 3 unspecified atom stereocenters. The van der Waals surface area contributed by atoms with E-state index in [1.165, 1.54) is 22.3 Å². The first-order valence-electron chi connectivity index (χ1n) is 16.0. The molecule has 4 heteroatoms. The Labute approximate surface area is 264 Å². The van der Waals surface area contributed by atoms with Crippen molar-refractivity contribution in [2.24, 2.45) is 0 Å². The number of hydrogen-bond acceptors (Lipinski definition) is 2. The molecule has 1 saturated heterocycles. The molecule has 3 aromatic carbocycles. The number of rotatable bonds is 5. The normalized spacial score (nSPS) is 20.5. The highest BCUT2D eigenvalue weighted by molar-refractivity contribution is 7.73. The Bertz CT molecular complexity index is 1380. The second-order valence-corrected chi connectivity index (χ2v) is 21.2. The molecule has 2 nitrogen and oxygen atoms in total. The predicted molar refractivity (Wildman–Crippen MR) is 189 cm³/mol. The van der Waals surface area contributed by atoms with Gasteiger partial charge in [-0.1, -0.05) is 154 Å². The molecule has 1 heterocycles. The molecule has 1 aliphatic heterocycles. The topological polar surface area (TPSA) is 34.1 Å². The van der Waals surface area contributed by atoms with Crippen molar-refractivity contribution in [2.75, 3.05) is 6.16 Å². The molecule has 3 aromatic rings. The lowest BCUT2D eigenvalue weighted by Gasteiger charge is -2.37. The van der Waals surface area contributed by atoms with Crippen LogP contribution in [0.5, 0.6) is 0 Å². The van der Waals surface area contributed by atoms with Crippen molar-refractivity contribution in [1.82, 2.24) is 0 Å². The van der Waals surface area contributed by atoms with Crippen LogP contribution < -0.4 is 5.30 Å². The third-order valence-electron chi connectivity index (χ3n) is 9.57. The minimum atomic E-state index is -2.92. The van der Waals surface area contributed by atoms with Gasteiger partial charge in [0.25, 0.3) is 0 Å². The van der Waals surface area contributed by atoms with E-state index in [1.54, 1.807) is 0 Å². The van der Waals surface area contributed by atoms with Crippen molar-refractivity contribution in [3.63, 3.8) is 0 Å². The summed E-state index contributed by atoms with van der Waals surface area (Å²) in [6.45, 7) is 27.0. The van der Waals surface area contributed by atoms with E-state index >= 15 is 4.57 Å². The van der Waals surface area contributed by atoms with Crippen molar-refractivity contribution >= 4 is 20.9 Å². The van der Waals surface area contributed by atoms with Crippen LogP contribution in [0.1, 0.15) is 129 Å². The van der Waals surface area contributed by atoms with E-state index in [4.69, 9.17) is 0 Å². The molecular formula is C39H55O2P2+. The van der Waals surface area contributed by atoms with Gasteiger partial charge in [-0.3, -0.25) is 0 Å². The SMILES string of the molecule is CC(C)(C)c1cc(C(C)(C)C)cc(C([PH+]=O)(c2cc(C(C)(C)C)cc(C(C)(C)C)c2)C2CCCP2(=O)c2ccccc2)c1. The van der Waals surface area contributed by atoms with Gasteiger partial charge >= 0.3 is 8.46 Å². The fourth-order valence-corrected chi connectivity index (χ4v) is 12.0. The van der Waals surface area contributed by atoms with Crippen LogP contribution in [0.4, 0.5) is 0 Å². The molecule has 1 fully saturated rings. The summed E-state index contributed by atoms with van der Waals surface area (Å²) in [6, 6.07) is 23.9. The van der Waals surface area contributed by atoms with Crippen LogP contribution in [0.2, 0.25) is 0 Å². The van der Waals surface area contributed by atoms with Gasteiger partial charge < -0.3 is 4.57 Å². The van der Waals surface area contributed by atoms with Crippen LogP contribution in [0, 0.1) is 0 Å². The van der Waals surface area contributed by atoms with Crippen LogP contribution in [0.25, 0.3) is 0 Å². The van der Waals surface area contributed by atoms with Crippen molar-refractivity contribution in [3.8, 4) is 0 Å². The summed E-state index contributed by atoms with van der Waals surface area (Å²) in [4.78, 5) is 0. The second kappa shape index (κ2) is 11.4. The number of benzene rings is 3. The highest BCUT2D eigenvalue weighted by Gasteiger charge is 2.60. The maximum atomic E-state index is 15.5. The molecule has 4 rings (SSSR count). The second-order valence-electron chi connectivity index (χ2n) is 17.0. The van der Waals surface area contributed by atoms with Gasteiger partial charge in [0, 0.05) is 22.6 Å². The summed E-state index contributed by atoms with van der Waals surface area (Å²) in [5.41, 5.74) is 6.35. The van der Waals surface area contributed by atoms with Crippen LogP contribution >= 0.6 is 15.6 Å². The smallest absolute Gasteiger partial charge is 0.318 e. The lowest BCUT2D eigenvalue weighted by Crippen LogP contribution is -2.37. The zero-order valence-electron chi connectivity index (χ0n) is 28.8. The lowest BCUT2D eigenvalue weighted by molar-refractivity contribution is 0.527. The van der Waals surface area contributed by atoms with E-state index in [0.29, 0.717) is 6.16 Å². The fraction of sp³-hybridized carbons (Fsp3) is 0.538. The average molecular weight is 618 g/mol. The van der Waals surface area contributed by atoms with Crippen molar-refractivity contribution < 1.29 is 9.13 Å². The van der Waals surface area contributed by atoms with Gasteiger partial charge in [0.2, 0.25) is 5.16 Å². The van der Waals surface area contributed by atoms with Crippen molar-refractivity contribution in [1.29, 1.82) is 0 Å². The molecule has 232 valence electrons. The van der Waals surface area contributed by atoms with Crippen LogP contribution in [-0.2, 0) is 35.9 Å². The molecule has 0 amide bonds. The van der Waals surface area contributed by atoms with E-state index < -0.39 is 20.8 Å². The molecule has 1 aliphatic rings. The van der Waals surface area contributed by atoms with Gasteiger partial charge in [0.1, 0.15) is 7.14 Å². The Kier molecular flexibility index (Phi) is 8.99. The molecule has 0 bridgehead atoms. The van der Waals surface area contributed by atoms with Gasteiger partial charge in [0.15, 0.2) is 0 Å². The maximum absolute atomic E-state index is 15.5. The third-order valence-corrected chi connectivity index (χ3v) is 14.9. The summed E-state index contributed by atoms with van der Waals surface area (Å²) in [6.07, 6.45) is 2.32. The monoisotopic (exact) mass is 617 g/mol. The summed E-state index contributed by atoms with van der Waals surface area (Å²) in [5, 5.41) is 0.0101. The van der Waals surface area contributed by atoms with Crippen LogP contribution in [-0.4, -0.2) is 11.8 Å². The van der Waals surface area contributed by atoms with Gasteiger partial charge in [-0.15, -0.1) is 0 Å². The molecule has 0 radical (unpaired) electrons. The first kappa shape index (κ1) is 33.9. The van der Waals surface area contributed by atoms with E-state index in [2.05, 4.69) is 119 Å². The first-order valence-corrected chi connectivity index (χ1v) is 18.9. The van der Waals surface area contributed by atoms with Gasteiger partial charge in [-0.25, -0.2) is 0 Å². The molecule has 3 atom stereocenters. The zero-order chi connectivity index (χ0) is 32.2. The highest BCUT2D eigenvalue weighted by Crippen LogP contribution is 2.67. The Balaban J connectivity index is 2.21. The van der Waals surface area contributed by atoms with Crippen LogP contribution in [0.3, 0.4) is 0 Å². The molecule has 43 heavy (non-hydrogen) atoms. The first-order chi connectivity index (χ1) is 19.6. The zero-order valence-corrected chi connectivity index (χ0v) is 30.7. The Hall–Kier alpha value is -2.01. The minimum absolute atomic E-state index is 0.101. The molecule has 0 aliphatic carbocycles. The number of hydrogen-bond donors (Lipinski definition) is 0. The lowest BCUT2D eigenvalue weighted by atomic mass is 9.73. The molecule has 0 aromatic heterocycles. The van der Waals surface area contributed by atoms with E-state index in [9.17, 15) is 4.57 Å². The molecular weight excluding hydrogens is 562 g/mol. The standard InChI is InChI=1S/C39H54O2P2/c1-35(2,3)27-21-28(36(4,5)6)24-31(23-27)39(42-40,34-19-16-20-43(34,41)33-17-14-13-15-18-33)32-25-29(37(7,8)9)22-30(26-32)38(10,11)12/h13-15,17-18,21-26,34H,16,19-20H2,1-12H3/p+1.